The van der Waals surface area contributed by atoms with Gasteiger partial charge >= 0.3 is 0 Å². The number of hydrogen-bond acceptors (Lipinski definition) is 5. The number of ether oxygens (including phenoxy) is 4. The molecular formula is C27H26N2O5. The van der Waals surface area contributed by atoms with Crippen LogP contribution < -0.4 is 24.3 Å². The van der Waals surface area contributed by atoms with E-state index >= 15 is 0 Å². The van der Waals surface area contributed by atoms with E-state index < -0.39 is 0 Å². The first-order valence-electron chi connectivity index (χ1n) is 11.1. The Morgan fingerprint density at radius 1 is 0.941 bits per heavy atom. The van der Waals surface area contributed by atoms with Gasteiger partial charge < -0.3 is 28.8 Å². The first kappa shape index (κ1) is 21.7. The molecule has 7 nitrogen and oxygen atoms in total. The van der Waals surface area contributed by atoms with Crippen LogP contribution in [0.25, 0.3) is 10.9 Å². The van der Waals surface area contributed by atoms with Gasteiger partial charge in [-0.1, -0.05) is 18.2 Å². The van der Waals surface area contributed by atoms with Gasteiger partial charge in [-0.05, 0) is 41.5 Å². The fourth-order valence-electron chi connectivity index (χ4n) is 4.25. The van der Waals surface area contributed by atoms with E-state index in [1.807, 2.05) is 54.7 Å². The van der Waals surface area contributed by atoms with Crippen molar-refractivity contribution in [1.82, 2.24) is 4.57 Å². The van der Waals surface area contributed by atoms with Crippen molar-refractivity contribution >= 4 is 22.5 Å². The summed E-state index contributed by atoms with van der Waals surface area (Å²) in [4.78, 5) is 12.9. The molecule has 0 saturated heterocycles. The average molecular weight is 459 g/mol. The summed E-state index contributed by atoms with van der Waals surface area (Å²) in [6.07, 6.45) is 2.30. The van der Waals surface area contributed by atoms with Crippen molar-refractivity contribution in [2.24, 2.45) is 0 Å². The molecule has 7 heteroatoms. The molecule has 1 aliphatic rings. The topological polar surface area (TPSA) is 71.0 Å². The Labute approximate surface area is 197 Å². The van der Waals surface area contributed by atoms with Crippen molar-refractivity contribution in [1.29, 1.82) is 0 Å². The lowest BCUT2D eigenvalue weighted by Crippen LogP contribution is -2.17. The first-order valence-corrected chi connectivity index (χ1v) is 11.1. The van der Waals surface area contributed by atoms with Crippen molar-refractivity contribution in [2.75, 3.05) is 32.8 Å². The second-order valence-corrected chi connectivity index (χ2v) is 8.10. The largest absolute Gasteiger partial charge is 0.497 e. The van der Waals surface area contributed by atoms with Gasteiger partial charge in [0.1, 0.15) is 24.7 Å². The third-order valence-corrected chi connectivity index (χ3v) is 5.81. The first-order chi connectivity index (χ1) is 16.6. The number of fused-ring (bicyclic) bond motifs is 2. The zero-order valence-corrected chi connectivity index (χ0v) is 19.2. The van der Waals surface area contributed by atoms with Crippen molar-refractivity contribution in [3.8, 4) is 23.0 Å². The van der Waals surface area contributed by atoms with E-state index in [0.29, 0.717) is 36.9 Å². The molecule has 1 N–H and O–H groups in total. The predicted octanol–water partition coefficient (Wildman–Crippen LogP) is 4.66. The second kappa shape index (κ2) is 9.39. The Kier molecular flexibility index (Phi) is 5.99. The molecule has 4 aromatic rings. The molecule has 3 aromatic carbocycles. The molecule has 34 heavy (non-hydrogen) atoms. The van der Waals surface area contributed by atoms with Gasteiger partial charge in [0.25, 0.3) is 0 Å². The Morgan fingerprint density at radius 2 is 1.68 bits per heavy atom. The van der Waals surface area contributed by atoms with E-state index in [1.165, 1.54) is 0 Å². The number of benzene rings is 3. The van der Waals surface area contributed by atoms with Gasteiger partial charge in [-0.15, -0.1) is 0 Å². The van der Waals surface area contributed by atoms with Gasteiger partial charge in [-0.25, -0.2) is 0 Å². The minimum atomic E-state index is -0.0948. The number of carbonyl (C=O) groups excluding carboxylic acids is 1. The van der Waals surface area contributed by atoms with Crippen molar-refractivity contribution in [2.45, 2.75) is 13.0 Å². The minimum absolute atomic E-state index is 0.0948. The highest BCUT2D eigenvalue weighted by molar-refractivity contribution is 5.96. The van der Waals surface area contributed by atoms with Gasteiger partial charge in [0.05, 0.1) is 20.6 Å². The van der Waals surface area contributed by atoms with Crippen LogP contribution in [0.2, 0.25) is 0 Å². The lowest BCUT2D eigenvalue weighted by Gasteiger charge is -2.19. The Bertz CT molecular complexity index is 1320. The van der Waals surface area contributed by atoms with E-state index in [1.54, 1.807) is 20.3 Å². The lowest BCUT2D eigenvalue weighted by atomic mass is 10.1. The third-order valence-electron chi connectivity index (χ3n) is 5.81. The molecule has 0 atom stereocenters. The van der Waals surface area contributed by atoms with Crippen LogP contribution in [-0.2, 0) is 17.8 Å². The van der Waals surface area contributed by atoms with Crippen LogP contribution in [0, 0.1) is 0 Å². The van der Waals surface area contributed by atoms with Crippen LogP contribution >= 0.6 is 0 Å². The van der Waals surface area contributed by atoms with Gasteiger partial charge in [-0.2, -0.15) is 0 Å². The molecule has 174 valence electrons. The summed E-state index contributed by atoms with van der Waals surface area (Å²) in [6, 6.07) is 19.4. The number of anilines is 1. The minimum Gasteiger partial charge on any atom is -0.497 e. The smallest absolute Gasteiger partial charge is 0.228 e. The van der Waals surface area contributed by atoms with Crippen molar-refractivity contribution in [3.05, 3.63) is 78.0 Å². The number of nitrogens with one attached hydrogen (secondary N) is 1. The average Bonchev–Trinajstić information content (AvgIpc) is 3.20. The molecule has 0 unspecified atom stereocenters. The molecule has 0 aliphatic carbocycles. The number of hydrogen-bond donors (Lipinski definition) is 1. The third kappa shape index (κ3) is 4.50. The molecule has 5 rings (SSSR count). The maximum absolute atomic E-state index is 12.9. The van der Waals surface area contributed by atoms with Crippen molar-refractivity contribution in [3.63, 3.8) is 0 Å². The summed E-state index contributed by atoms with van der Waals surface area (Å²) in [5.74, 6) is 2.73. The standard InChI is InChI=1S/C27H26N2O5/c1-31-21-11-18(12-22(15-21)32-2)16-29-17-19(23-5-3-4-6-24(23)29)13-27(30)28-20-7-8-25-26(14-20)34-10-9-33-25/h3-8,11-12,14-15,17H,9-10,13,16H2,1-2H3,(H,28,30). The van der Waals surface area contributed by atoms with E-state index in [2.05, 4.69) is 16.0 Å². The maximum atomic E-state index is 12.9. The van der Waals surface area contributed by atoms with E-state index in [0.717, 1.165) is 33.5 Å². The van der Waals surface area contributed by atoms with Crippen LogP contribution in [0.3, 0.4) is 0 Å². The molecule has 0 fully saturated rings. The van der Waals surface area contributed by atoms with Crippen LogP contribution in [-0.4, -0.2) is 37.9 Å². The Morgan fingerprint density at radius 3 is 2.44 bits per heavy atom. The molecular weight excluding hydrogens is 432 g/mol. The molecule has 0 spiro atoms. The zero-order chi connectivity index (χ0) is 23.5. The van der Waals surface area contributed by atoms with Gasteiger partial charge in [0.15, 0.2) is 11.5 Å². The van der Waals surface area contributed by atoms with Gasteiger partial charge in [-0.3, -0.25) is 4.79 Å². The van der Waals surface area contributed by atoms with Crippen LogP contribution in [0.15, 0.2) is 66.9 Å². The van der Waals surface area contributed by atoms with Gasteiger partial charge in [0.2, 0.25) is 5.91 Å². The molecule has 0 saturated carbocycles. The monoisotopic (exact) mass is 458 g/mol. The normalized spacial score (nSPS) is 12.4. The van der Waals surface area contributed by atoms with Crippen LogP contribution in [0.5, 0.6) is 23.0 Å². The number of rotatable bonds is 7. The van der Waals surface area contributed by atoms with Crippen LogP contribution in [0.1, 0.15) is 11.1 Å². The SMILES string of the molecule is COc1cc(Cn2cc(CC(=O)Nc3ccc4c(c3)OCCO4)c3ccccc32)cc(OC)c1. The summed E-state index contributed by atoms with van der Waals surface area (Å²) in [5.41, 5.74) is 3.75. The summed E-state index contributed by atoms with van der Waals surface area (Å²) in [5, 5.41) is 4.03. The molecule has 2 heterocycles. The fraction of sp³-hybridized carbons (Fsp3) is 0.222. The highest BCUT2D eigenvalue weighted by Crippen LogP contribution is 2.33. The van der Waals surface area contributed by atoms with E-state index in [9.17, 15) is 4.79 Å². The highest BCUT2D eigenvalue weighted by Gasteiger charge is 2.15. The second-order valence-electron chi connectivity index (χ2n) is 8.10. The van der Waals surface area contributed by atoms with E-state index in [-0.39, 0.29) is 12.3 Å². The number of nitrogens with zero attached hydrogens (tertiary/aromatic N) is 1. The number of amides is 1. The Balaban J connectivity index is 1.38. The van der Waals surface area contributed by atoms with Crippen molar-refractivity contribution < 1.29 is 23.7 Å². The number of aromatic nitrogens is 1. The predicted molar refractivity (Wildman–Crippen MR) is 130 cm³/mol. The molecule has 1 aromatic heterocycles. The molecule has 0 bridgehead atoms. The number of methoxy groups -OCH3 is 2. The summed E-state index contributed by atoms with van der Waals surface area (Å²) >= 11 is 0. The summed E-state index contributed by atoms with van der Waals surface area (Å²) in [7, 11) is 3.28. The lowest BCUT2D eigenvalue weighted by molar-refractivity contribution is -0.115. The molecule has 1 amide bonds. The van der Waals surface area contributed by atoms with E-state index in [4.69, 9.17) is 18.9 Å². The van der Waals surface area contributed by atoms with Gasteiger partial charge in [0, 0.05) is 41.5 Å². The van der Waals surface area contributed by atoms with Crippen LogP contribution in [0.4, 0.5) is 5.69 Å². The molecule has 1 aliphatic heterocycles. The fourth-order valence-corrected chi connectivity index (χ4v) is 4.25. The maximum Gasteiger partial charge on any atom is 0.228 e. The summed E-state index contributed by atoms with van der Waals surface area (Å²) in [6.45, 7) is 1.66. The number of para-hydroxylation sites is 1. The quantitative estimate of drug-likeness (QED) is 0.436. The number of carbonyl (C=O) groups is 1. The Hall–Kier alpha value is -4.13. The summed E-state index contributed by atoms with van der Waals surface area (Å²) < 4.78 is 24.1. The zero-order valence-electron chi connectivity index (χ0n) is 19.2. The highest BCUT2D eigenvalue weighted by atomic mass is 16.6. The molecule has 0 radical (unpaired) electrons.